The molecule has 0 heterocycles. The first kappa shape index (κ1) is 22.1. The van der Waals surface area contributed by atoms with Gasteiger partial charge < -0.3 is 39.6 Å². The molecule has 0 fully saturated rings. The van der Waals surface area contributed by atoms with Crippen molar-refractivity contribution >= 4 is 47.8 Å². The molecule has 0 radical (unpaired) electrons. The third kappa shape index (κ3) is 7.04. The van der Waals surface area contributed by atoms with Crippen molar-refractivity contribution < 1.29 is 39.6 Å². The van der Waals surface area contributed by atoms with Crippen LogP contribution in [0.25, 0.3) is 0 Å². The molecule has 0 bridgehead atoms. The summed E-state index contributed by atoms with van der Waals surface area (Å²) < 4.78 is 0. The van der Waals surface area contributed by atoms with E-state index in [1.165, 1.54) is 0 Å². The van der Waals surface area contributed by atoms with Crippen LogP contribution in [-0.2, 0) is 0 Å². The Morgan fingerprint density at radius 3 is 0.640 bits per heavy atom. The average Bonchev–Trinajstić information content (AvgIpc) is 2.55. The number of carboxylic acids is 4. The normalized spacial score (nSPS) is 8.96. The minimum Gasteiger partial charge on any atom is -0.545 e. The molecule has 0 saturated carbocycles. The van der Waals surface area contributed by atoms with Crippen LogP contribution in [0.4, 0.5) is 0 Å². The molecule has 124 valence electrons. The molecule has 0 atom stereocenters. The van der Waals surface area contributed by atoms with E-state index in [1.807, 2.05) is 0 Å². The number of rotatable bonds is 4. The van der Waals surface area contributed by atoms with Crippen molar-refractivity contribution in [3.63, 3.8) is 0 Å². The van der Waals surface area contributed by atoms with Crippen molar-refractivity contribution in [2.75, 3.05) is 0 Å². The second kappa shape index (κ2) is 10.1. The molecule has 0 aliphatic carbocycles. The summed E-state index contributed by atoms with van der Waals surface area (Å²) in [4.78, 5) is 40.8. The number of benzene rings is 2. The molecule has 8 nitrogen and oxygen atoms in total. The van der Waals surface area contributed by atoms with Gasteiger partial charge in [-0.3, -0.25) is 0 Å². The van der Waals surface area contributed by atoms with Gasteiger partial charge in [-0.05, 0) is 22.3 Å². The van der Waals surface area contributed by atoms with Crippen molar-refractivity contribution in [3.8, 4) is 0 Å². The van der Waals surface area contributed by atoms with E-state index in [0.717, 1.165) is 48.5 Å². The Kier molecular flexibility index (Phi) is 8.92. The van der Waals surface area contributed by atoms with Crippen LogP contribution in [-0.4, -0.2) is 47.8 Å². The van der Waals surface area contributed by atoms with Gasteiger partial charge >= 0.3 is 23.9 Å². The summed E-state index contributed by atoms with van der Waals surface area (Å²) in [5.74, 6) is -5.33. The summed E-state index contributed by atoms with van der Waals surface area (Å²) in [6.45, 7) is 0. The van der Waals surface area contributed by atoms with Gasteiger partial charge in [0, 0.05) is 0 Å². The molecule has 25 heavy (non-hydrogen) atoms. The zero-order chi connectivity index (χ0) is 18.3. The van der Waals surface area contributed by atoms with Gasteiger partial charge in [0.1, 0.15) is 0 Å². The van der Waals surface area contributed by atoms with E-state index in [1.54, 1.807) is 0 Å². The van der Waals surface area contributed by atoms with E-state index >= 15 is 0 Å². The molecule has 0 N–H and O–H groups in total. The molecule has 2 aromatic carbocycles. The third-order valence-electron chi connectivity index (χ3n) is 2.71. The second-order valence-corrected chi connectivity index (χ2v) is 4.30. The molecule has 9 heteroatoms. The van der Waals surface area contributed by atoms with E-state index in [-0.39, 0.29) is 46.2 Å². The molecular formula is C16H8O8Sn. The smallest absolute Gasteiger partial charge is 0.545 e. The Labute approximate surface area is 158 Å². The van der Waals surface area contributed by atoms with E-state index in [0.29, 0.717) is 0 Å². The van der Waals surface area contributed by atoms with Gasteiger partial charge in [-0.15, -0.1) is 0 Å². The van der Waals surface area contributed by atoms with E-state index < -0.39 is 23.9 Å². The standard InChI is InChI=1S/2C8H6O4.Sn/c2*9-7(10)5-1-2-6(4-3-5)8(11)12;/h2*1-4H,(H,9,10)(H,11,12);/q;;+4/p-4. The molecule has 0 spiro atoms. The van der Waals surface area contributed by atoms with Crippen molar-refractivity contribution in [2.24, 2.45) is 0 Å². The van der Waals surface area contributed by atoms with E-state index in [9.17, 15) is 39.6 Å². The number of aromatic carboxylic acids is 4. The van der Waals surface area contributed by atoms with E-state index in [4.69, 9.17) is 0 Å². The summed E-state index contributed by atoms with van der Waals surface area (Å²) in [6.07, 6.45) is 0. The zero-order valence-electron chi connectivity index (χ0n) is 12.4. The summed E-state index contributed by atoms with van der Waals surface area (Å²) in [5.41, 5.74) is -0.222. The molecule has 0 amide bonds. The monoisotopic (exact) mass is 448 g/mol. The average molecular weight is 447 g/mol. The summed E-state index contributed by atoms with van der Waals surface area (Å²) >= 11 is 0. The van der Waals surface area contributed by atoms with Crippen LogP contribution in [0.15, 0.2) is 48.5 Å². The first-order valence-corrected chi connectivity index (χ1v) is 6.28. The third-order valence-corrected chi connectivity index (χ3v) is 2.71. The largest absolute Gasteiger partial charge is 4.00 e. The Bertz CT molecular complexity index is 632. The Hall–Kier alpha value is -2.88. The van der Waals surface area contributed by atoms with Crippen LogP contribution in [0.2, 0.25) is 0 Å². The first-order valence-electron chi connectivity index (χ1n) is 6.28. The van der Waals surface area contributed by atoms with Crippen molar-refractivity contribution in [1.29, 1.82) is 0 Å². The minimum atomic E-state index is -1.33. The van der Waals surface area contributed by atoms with Crippen LogP contribution in [0, 0.1) is 0 Å². The second-order valence-electron chi connectivity index (χ2n) is 4.30. The predicted octanol–water partition coefficient (Wildman–Crippen LogP) is -3.55. The van der Waals surface area contributed by atoms with Gasteiger partial charge in [-0.25, -0.2) is 0 Å². The van der Waals surface area contributed by atoms with Crippen LogP contribution >= 0.6 is 0 Å². The van der Waals surface area contributed by atoms with Gasteiger partial charge in [0.15, 0.2) is 0 Å². The quantitative estimate of drug-likeness (QED) is 0.436. The maximum atomic E-state index is 10.2. The topological polar surface area (TPSA) is 161 Å². The van der Waals surface area contributed by atoms with Gasteiger partial charge in [-0.1, -0.05) is 48.5 Å². The van der Waals surface area contributed by atoms with Gasteiger partial charge in [0.25, 0.3) is 0 Å². The number of hydrogen-bond donors (Lipinski definition) is 0. The van der Waals surface area contributed by atoms with Crippen molar-refractivity contribution in [1.82, 2.24) is 0 Å². The fourth-order valence-corrected chi connectivity index (χ4v) is 1.48. The Morgan fingerprint density at radius 2 is 0.560 bits per heavy atom. The maximum absolute atomic E-state index is 10.2. The minimum absolute atomic E-state index is 0. The van der Waals surface area contributed by atoms with Crippen LogP contribution in [0.5, 0.6) is 0 Å². The molecule has 0 aromatic heterocycles. The van der Waals surface area contributed by atoms with E-state index in [2.05, 4.69) is 0 Å². The molecule has 0 aliphatic rings. The summed E-state index contributed by atoms with van der Waals surface area (Å²) in [7, 11) is 0. The molecule has 0 aliphatic heterocycles. The van der Waals surface area contributed by atoms with Gasteiger partial charge in [-0.2, -0.15) is 0 Å². The SMILES string of the molecule is O=C([O-])c1ccc(C(=O)[O-])cc1.O=C([O-])c1ccc(C(=O)[O-])cc1.[Sn+4]. The van der Waals surface area contributed by atoms with Crippen LogP contribution in [0.3, 0.4) is 0 Å². The van der Waals surface area contributed by atoms with Gasteiger partial charge in [0.05, 0.1) is 23.9 Å². The fraction of sp³-hybridized carbons (Fsp3) is 0. The van der Waals surface area contributed by atoms with Crippen molar-refractivity contribution in [2.45, 2.75) is 0 Å². The fourth-order valence-electron chi connectivity index (χ4n) is 1.48. The van der Waals surface area contributed by atoms with Crippen LogP contribution in [0.1, 0.15) is 41.4 Å². The Balaban J connectivity index is 0.000000443. The Morgan fingerprint density at radius 1 is 0.440 bits per heavy atom. The summed E-state index contributed by atoms with van der Waals surface area (Å²) in [6, 6.07) is 9.23. The summed E-state index contributed by atoms with van der Waals surface area (Å²) in [5, 5.41) is 40.8. The maximum Gasteiger partial charge on any atom is 4.00 e. The number of carbonyl (C=O) groups is 4. The molecule has 2 aromatic rings. The molecule has 0 unspecified atom stereocenters. The number of carbonyl (C=O) groups excluding carboxylic acids is 4. The predicted molar refractivity (Wildman–Crippen MR) is 76.0 cm³/mol. The zero-order valence-corrected chi connectivity index (χ0v) is 15.2. The number of hydrogen-bond acceptors (Lipinski definition) is 8. The van der Waals surface area contributed by atoms with Crippen molar-refractivity contribution in [3.05, 3.63) is 70.8 Å². The molecular weight excluding hydrogens is 439 g/mol. The molecule has 0 saturated heterocycles. The van der Waals surface area contributed by atoms with Gasteiger partial charge in [0.2, 0.25) is 0 Å². The first-order chi connectivity index (χ1) is 11.2. The molecule has 2 rings (SSSR count). The number of carboxylic acid groups (broad SMARTS) is 4. The van der Waals surface area contributed by atoms with Crippen LogP contribution < -0.4 is 20.4 Å².